The van der Waals surface area contributed by atoms with Gasteiger partial charge < -0.3 is 9.32 Å². The average molecular weight is 338 g/mol. The van der Waals surface area contributed by atoms with Gasteiger partial charge in [-0.15, -0.1) is 0 Å². The van der Waals surface area contributed by atoms with E-state index in [-0.39, 0.29) is 5.41 Å². The van der Waals surface area contributed by atoms with E-state index in [1.54, 1.807) is 0 Å². The number of likely N-dealkylation sites (tertiary alicyclic amines) is 2. The lowest BCUT2D eigenvalue weighted by Crippen LogP contribution is -2.36. The molecular weight excluding hydrogens is 312 g/mol. The summed E-state index contributed by atoms with van der Waals surface area (Å²) in [5.41, 5.74) is 2.30. The zero-order valence-electron chi connectivity index (χ0n) is 15.1. The second-order valence-corrected chi connectivity index (χ2v) is 7.72. The Bertz CT molecular complexity index is 782. The fraction of sp³-hybridized carbons (Fsp3) is 0.476. The van der Waals surface area contributed by atoms with Crippen LogP contribution < -0.4 is 0 Å². The third-order valence-electron chi connectivity index (χ3n) is 5.67. The smallest absolute Gasteiger partial charge is 0.230 e. The predicted molar refractivity (Wildman–Crippen MR) is 97.0 cm³/mol. The quantitative estimate of drug-likeness (QED) is 0.856. The summed E-state index contributed by atoms with van der Waals surface area (Å²) in [7, 11) is 0. The van der Waals surface area contributed by atoms with Crippen LogP contribution in [0.25, 0.3) is 0 Å². The molecule has 0 unspecified atom stereocenters. The molecule has 0 radical (unpaired) electrons. The number of aryl methyl sites for hydroxylation is 2. The summed E-state index contributed by atoms with van der Waals surface area (Å²) in [5, 5.41) is 0. The maximum atomic E-state index is 13.1. The Balaban J connectivity index is 1.41. The van der Waals surface area contributed by atoms with Crippen LogP contribution in [-0.2, 0) is 17.9 Å². The minimum Gasteiger partial charge on any atom is -0.465 e. The van der Waals surface area contributed by atoms with Crippen LogP contribution in [0.4, 0.5) is 0 Å². The van der Waals surface area contributed by atoms with Crippen molar-refractivity contribution in [2.75, 3.05) is 19.6 Å². The lowest BCUT2D eigenvalue weighted by Gasteiger charge is -2.23. The molecule has 2 fully saturated rings. The lowest BCUT2D eigenvalue weighted by atomic mass is 9.85. The van der Waals surface area contributed by atoms with Crippen LogP contribution in [0.5, 0.6) is 0 Å². The molecule has 4 rings (SSSR count). The van der Waals surface area contributed by atoms with Crippen molar-refractivity contribution in [3.05, 3.63) is 59.0 Å². The van der Waals surface area contributed by atoms with E-state index >= 15 is 0 Å². The minimum absolute atomic E-state index is 0.175. The summed E-state index contributed by atoms with van der Waals surface area (Å²) >= 11 is 0. The van der Waals surface area contributed by atoms with Gasteiger partial charge in [-0.2, -0.15) is 0 Å². The number of rotatable bonds is 4. The van der Waals surface area contributed by atoms with Crippen molar-refractivity contribution < 1.29 is 9.21 Å². The molecule has 0 saturated carbocycles. The van der Waals surface area contributed by atoms with Gasteiger partial charge >= 0.3 is 0 Å². The highest BCUT2D eigenvalue weighted by Gasteiger charge is 2.50. The van der Waals surface area contributed by atoms with Gasteiger partial charge in [0.05, 0.1) is 12.0 Å². The Morgan fingerprint density at radius 1 is 1.08 bits per heavy atom. The van der Waals surface area contributed by atoms with Crippen molar-refractivity contribution in [2.24, 2.45) is 5.41 Å². The van der Waals surface area contributed by atoms with Crippen molar-refractivity contribution in [3.63, 3.8) is 0 Å². The first-order valence-corrected chi connectivity index (χ1v) is 9.17. The standard InChI is InChI=1S/C21H26N2O2/c1-16-4-3-5-18(12-16)13-23-11-9-21(20(23)24)8-10-22(15-21)14-19-7-6-17(2)25-19/h3-7,12H,8-11,13-15H2,1-2H3/t21-/m0/s1. The van der Waals surface area contributed by atoms with Gasteiger partial charge in [0.1, 0.15) is 11.5 Å². The van der Waals surface area contributed by atoms with Gasteiger partial charge in [0, 0.05) is 19.6 Å². The van der Waals surface area contributed by atoms with Crippen LogP contribution in [0.2, 0.25) is 0 Å². The van der Waals surface area contributed by atoms with E-state index in [4.69, 9.17) is 4.42 Å². The number of carbonyl (C=O) groups excluding carboxylic acids is 1. The Morgan fingerprint density at radius 3 is 2.68 bits per heavy atom. The second-order valence-electron chi connectivity index (χ2n) is 7.72. The molecular formula is C21H26N2O2. The van der Waals surface area contributed by atoms with E-state index < -0.39 is 0 Å². The number of hydrogen-bond acceptors (Lipinski definition) is 3. The molecule has 132 valence electrons. The molecule has 2 aliphatic heterocycles. The maximum Gasteiger partial charge on any atom is 0.230 e. The topological polar surface area (TPSA) is 36.7 Å². The van der Waals surface area contributed by atoms with Crippen LogP contribution in [0, 0.1) is 19.3 Å². The Labute approximate surface area is 149 Å². The van der Waals surface area contributed by atoms with E-state index in [0.29, 0.717) is 5.91 Å². The third kappa shape index (κ3) is 3.23. The van der Waals surface area contributed by atoms with Crippen molar-refractivity contribution in [1.82, 2.24) is 9.80 Å². The van der Waals surface area contributed by atoms with E-state index in [1.807, 2.05) is 19.1 Å². The highest BCUT2D eigenvalue weighted by atomic mass is 16.3. The average Bonchev–Trinajstić information content (AvgIpc) is 3.25. The van der Waals surface area contributed by atoms with Gasteiger partial charge in [0.25, 0.3) is 0 Å². The Kier molecular flexibility index (Phi) is 4.16. The fourth-order valence-corrected chi connectivity index (χ4v) is 4.34. The summed E-state index contributed by atoms with van der Waals surface area (Å²) in [4.78, 5) is 17.5. The normalized spacial score (nSPS) is 23.9. The van der Waals surface area contributed by atoms with Gasteiger partial charge in [0.2, 0.25) is 5.91 Å². The molecule has 1 aromatic heterocycles. The molecule has 0 aliphatic carbocycles. The van der Waals surface area contributed by atoms with Gasteiger partial charge in [0.15, 0.2) is 0 Å². The number of carbonyl (C=O) groups is 1. The van der Waals surface area contributed by atoms with Gasteiger partial charge in [-0.05, 0) is 50.9 Å². The minimum atomic E-state index is -0.175. The molecule has 2 aliphatic rings. The molecule has 1 amide bonds. The number of nitrogens with zero attached hydrogens (tertiary/aromatic N) is 2. The summed E-state index contributed by atoms with van der Waals surface area (Å²) in [6.07, 6.45) is 1.95. The van der Waals surface area contributed by atoms with Crippen molar-refractivity contribution in [1.29, 1.82) is 0 Å². The van der Waals surface area contributed by atoms with Crippen molar-refractivity contribution >= 4 is 5.91 Å². The molecule has 2 aromatic rings. The first kappa shape index (κ1) is 16.4. The SMILES string of the molecule is Cc1cccc(CN2CC[C@]3(CCN(Cc4ccc(C)o4)C3)C2=O)c1. The van der Waals surface area contributed by atoms with E-state index in [1.165, 1.54) is 11.1 Å². The van der Waals surface area contributed by atoms with Gasteiger partial charge in [-0.1, -0.05) is 29.8 Å². The Hall–Kier alpha value is -2.07. The van der Waals surface area contributed by atoms with Crippen molar-refractivity contribution in [3.8, 4) is 0 Å². The zero-order chi connectivity index (χ0) is 17.4. The summed E-state index contributed by atoms with van der Waals surface area (Å²) in [6.45, 7) is 8.32. The monoisotopic (exact) mass is 338 g/mol. The lowest BCUT2D eigenvalue weighted by molar-refractivity contribution is -0.136. The molecule has 4 heteroatoms. The predicted octanol–water partition coefficient (Wildman–Crippen LogP) is 3.52. The molecule has 1 atom stereocenters. The number of hydrogen-bond donors (Lipinski definition) is 0. The molecule has 1 spiro atoms. The first-order valence-electron chi connectivity index (χ1n) is 9.17. The van der Waals surface area contributed by atoms with Gasteiger partial charge in [-0.25, -0.2) is 0 Å². The van der Waals surface area contributed by atoms with Crippen LogP contribution in [0.3, 0.4) is 0 Å². The van der Waals surface area contributed by atoms with Crippen LogP contribution in [0.1, 0.15) is 35.5 Å². The zero-order valence-corrected chi connectivity index (χ0v) is 15.1. The first-order chi connectivity index (χ1) is 12.0. The number of furan rings is 1. The molecule has 0 bridgehead atoms. The molecule has 25 heavy (non-hydrogen) atoms. The molecule has 4 nitrogen and oxygen atoms in total. The highest BCUT2D eigenvalue weighted by Crippen LogP contribution is 2.41. The summed E-state index contributed by atoms with van der Waals surface area (Å²) in [6, 6.07) is 12.5. The van der Waals surface area contributed by atoms with Gasteiger partial charge in [-0.3, -0.25) is 9.69 Å². The number of benzene rings is 1. The summed E-state index contributed by atoms with van der Waals surface area (Å²) < 4.78 is 5.70. The maximum absolute atomic E-state index is 13.1. The second kappa shape index (κ2) is 6.34. The van der Waals surface area contributed by atoms with Crippen LogP contribution in [0.15, 0.2) is 40.8 Å². The highest BCUT2D eigenvalue weighted by molar-refractivity contribution is 5.85. The van der Waals surface area contributed by atoms with Crippen LogP contribution >= 0.6 is 0 Å². The van der Waals surface area contributed by atoms with E-state index in [9.17, 15) is 4.79 Å². The fourth-order valence-electron chi connectivity index (χ4n) is 4.34. The third-order valence-corrected chi connectivity index (χ3v) is 5.67. The molecule has 3 heterocycles. The molecule has 0 N–H and O–H groups in total. The largest absolute Gasteiger partial charge is 0.465 e. The van der Waals surface area contributed by atoms with E-state index in [2.05, 4.69) is 41.0 Å². The van der Waals surface area contributed by atoms with Crippen molar-refractivity contribution in [2.45, 2.75) is 39.8 Å². The molecule has 1 aromatic carbocycles. The van der Waals surface area contributed by atoms with E-state index in [0.717, 1.165) is 57.1 Å². The Morgan fingerprint density at radius 2 is 1.92 bits per heavy atom. The summed E-state index contributed by atoms with van der Waals surface area (Å²) in [5.74, 6) is 2.29. The molecule has 2 saturated heterocycles. The van der Waals surface area contributed by atoms with Crippen LogP contribution in [-0.4, -0.2) is 35.3 Å². The number of amides is 1.